The molecule has 0 spiro atoms. The van der Waals surface area contributed by atoms with Gasteiger partial charge in [0.25, 0.3) is 5.91 Å². The largest absolute Gasteiger partial charge is 0.397 e. The summed E-state index contributed by atoms with van der Waals surface area (Å²) in [6.45, 7) is 2.68. The second-order valence-corrected chi connectivity index (χ2v) is 3.73. The zero-order valence-electron chi connectivity index (χ0n) is 9.06. The SMILES string of the molecule is Nc1ccc(C(=O)N2CCCOCC2)nc1. The summed E-state index contributed by atoms with van der Waals surface area (Å²) in [5.41, 5.74) is 6.53. The summed E-state index contributed by atoms with van der Waals surface area (Å²) in [5, 5.41) is 0. The zero-order valence-corrected chi connectivity index (χ0v) is 9.06. The fourth-order valence-electron chi connectivity index (χ4n) is 1.64. The normalized spacial score (nSPS) is 16.9. The number of pyridine rings is 1. The molecule has 0 saturated carbocycles. The van der Waals surface area contributed by atoms with Crippen molar-refractivity contribution in [3.63, 3.8) is 0 Å². The van der Waals surface area contributed by atoms with E-state index in [4.69, 9.17) is 10.5 Å². The number of nitrogen functional groups attached to an aromatic ring is 1. The average molecular weight is 221 g/mol. The van der Waals surface area contributed by atoms with Gasteiger partial charge in [-0.15, -0.1) is 0 Å². The Morgan fingerprint density at radius 2 is 2.25 bits per heavy atom. The Hall–Kier alpha value is -1.62. The number of nitrogens with two attached hydrogens (primary N) is 1. The molecule has 0 unspecified atom stereocenters. The van der Waals surface area contributed by atoms with Gasteiger partial charge in [-0.1, -0.05) is 0 Å². The van der Waals surface area contributed by atoms with Gasteiger partial charge in [-0.2, -0.15) is 0 Å². The number of hydrogen-bond acceptors (Lipinski definition) is 4. The van der Waals surface area contributed by atoms with Crippen LogP contribution in [0.1, 0.15) is 16.9 Å². The van der Waals surface area contributed by atoms with Crippen molar-refractivity contribution in [2.45, 2.75) is 6.42 Å². The molecule has 2 heterocycles. The van der Waals surface area contributed by atoms with Crippen molar-refractivity contribution in [3.05, 3.63) is 24.0 Å². The molecule has 0 bridgehead atoms. The van der Waals surface area contributed by atoms with Crippen molar-refractivity contribution >= 4 is 11.6 Å². The van der Waals surface area contributed by atoms with Crippen LogP contribution >= 0.6 is 0 Å². The maximum absolute atomic E-state index is 12.0. The van der Waals surface area contributed by atoms with Crippen LogP contribution in [0.2, 0.25) is 0 Å². The lowest BCUT2D eigenvalue weighted by Gasteiger charge is -2.18. The highest BCUT2D eigenvalue weighted by Gasteiger charge is 2.18. The Bertz CT molecular complexity index is 356. The first-order chi connectivity index (χ1) is 7.77. The molecule has 16 heavy (non-hydrogen) atoms. The van der Waals surface area contributed by atoms with Crippen molar-refractivity contribution in [1.29, 1.82) is 0 Å². The van der Waals surface area contributed by atoms with Crippen LogP contribution < -0.4 is 5.73 Å². The molecule has 1 aliphatic rings. The van der Waals surface area contributed by atoms with E-state index in [0.29, 0.717) is 24.5 Å². The van der Waals surface area contributed by atoms with Gasteiger partial charge in [0.15, 0.2) is 0 Å². The lowest BCUT2D eigenvalue weighted by Crippen LogP contribution is -2.33. The average Bonchev–Trinajstić information content (AvgIpc) is 2.57. The zero-order chi connectivity index (χ0) is 11.4. The molecule has 5 nitrogen and oxygen atoms in total. The van der Waals surface area contributed by atoms with Crippen LogP contribution in [0.15, 0.2) is 18.3 Å². The third-order valence-electron chi connectivity index (χ3n) is 2.51. The van der Waals surface area contributed by atoms with Gasteiger partial charge in [-0.25, -0.2) is 4.98 Å². The molecule has 86 valence electrons. The van der Waals surface area contributed by atoms with Crippen molar-refractivity contribution < 1.29 is 9.53 Å². The molecule has 0 aromatic carbocycles. The molecule has 1 aliphatic heterocycles. The Kier molecular flexibility index (Phi) is 3.36. The van der Waals surface area contributed by atoms with Gasteiger partial charge >= 0.3 is 0 Å². The van der Waals surface area contributed by atoms with Crippen molar-refractivity contribution in [2.75, 3.05) is 32.0 Å². The fourth-order valence-corrected chi connectivity index (χ4v) is 1.64. The summed E-state index contributed by atoms with van der Waals surface area (Å²) >= 11 is 0. The van der Waals surface area contributed by atoms with E-state index in [1.165, 1.54) is 6.20 Å². The number of rotatable bonds is 1. The molecular weight excluding hydrogens is 206 g/mol. The summed E-state index contributed by atoms with van der Waals surface area (Å²) < 4.78 is 5.30. The number of carbonyl (C=O) groups is 1. The summed E-state index contributed by atoms with van der Waals surface area (Å²) in [6, 6.07) is 3.35. The monoisotopic (exact) mass is 221 g/mol. The standard InChI is InChI=1S/C11H15N3O2/c12-9-2-3-10(13-8-9)11(15)14-4-1-6-16-7-5-14/h2-3,8H,1,4-7,12H2. The maximum Gasteiger partial charge on any atom is 0.272 e. The predicted molar refractivity (Wildman–Crippen MR) is 60.0 cm³/mol. The number of hydrogen-bond donors (Lipinski definition) is 1. The highest BCUT2D eigenvalue weighted by Crippen LogP contribution is 2.07. The summed E-state index contributed by atoms with van der Waals surface area (Å²) in [5.74, 6) is -0.0505. The van der Waals surface area contributed by atoms with Crippen LogP contribution in [0.25, 0.3) is 0 Å². The van der Waals surface area contributed by atoms with Gasteiger partial charge in [0.2, 0.25) is 0 Å². The highest BCUT2D eigenvalue weighted by atomic mass is 16.5. The quantitative estimate of drug-likeness (QED) is 0.751. The van der Waals surface area contributed by atoms with E-state index in [1.807, 2.05) is 0 Å². The van der Waals surface area contributed by atoms with E-state index in [9.17, 15) is 4.79 Å². The van der Waals surface area contributed by atoms with Gasteiger partial charge in [0, 0.05) is 19.7 Å². The van der Waals surface area contributed by atoms with E-state index in [2.05, 4.69) is 4.98 Å². The molecule has 2 N–H and O–H groups in total. The van der Waals surface area contributed by atoms with Crippen LogP contribution in [-0.4, -0.2) is 42.1 Å². The molecule has 1 saturated heterocycles. The third kappa shape index (κ3) is 2.49. The number of carbonyl (C=O) groups excluding carboxylic acids is 1. The third-order valence-corrected chi connectivity index (χ3v) is 2.51. The molecule has 0 radical (unpaired) electrons. The van der Waals surface area contributed by atoms with Crippen LogP contribution in [0.5, 0.6) is 0 Å². The summed E-state index contributed by atoms with van der Waals surface area (Å²) in [4.78, 5) is 17.8. The fraction of sp³-hybridized carbons (Fsp3) is 0.455. The highest BCUT2D eigenvalue weighted by molar-refractivity contribution is 5.92. The molecular formula is C11H15N3O2. The van der Waals surface area contributed by atoms with Crippen LogP contribution in [0, 0.1) is 0 Å². The number of nitrogens with zero attached hydrogens (tertiary/aromatic N) is 2. The van der Waals surface area contributed by atoms with E-state index in [0.717, 1.165) is 19.6 Å². The molecule has 1 amide bonds. The predicted octanol–water partition coefficient (Wildman–Crippen LogP) is 0.526. The van der Waals surface area contributed by atoms with Gasteiger partial charge in [-0.05, 0) is 18.6 Å². The number of aromatic nitrogens is 1. The number of amides is 1. The van der Waals surface area contributed by atoms with E-state index in [-0.39, 0.29) is 5.91 Å². The van der Waals surface area contributed by atoms with E-state index < -0.39 is 0 Å². The molecule has 1 aromatic heterocycles. The van der Waals surface area contributed by atoms with Gasteiger partial charge in [0.05, 0.1) is 18.5 Å². The van der Waals surface area contributed by atoms with E-state index >= 15 is 0 Å². The van der Waals surface area contributed by atoms with Crippen LogP contribution in [0.3, 0.4) is 0 Å². The Morgan fingerprint density at radius 1 is 1.38 bits per heavy atom. The first-order valence-corrected chi connectivity index (χ1v) is 5.36. The first-order valence-electron chi connectivity index (χ1n) is 5.36. The van der Waals surface area contributed by atoms with Crippen LogP contribution in [-0.2, 0) is 4.74 Å². The smallest absolute Gasteiger partial charge is 0.272 e. The molecule has 2 rings (SSSR count). The molecule has 1 fully saturated rings. The molecule has 1 aromatic rings. The second kappa shape index (κ2) is 4.94. The molecule has 0 aliphatic carbocycles. The minimum atomic E-state index is -0.0505. The van der Waals surface area contributed by atoms with Crippen molar-refractivity contribution in [2.24, 2.45) is 0 Å². The minimum Gasteiger partial charge on any atom is -0.397 e. The van der Waals surface area contributed by atoms with Gasteiger partial charge in [0.1, 0.15) is 5.69 Å². The summed E-state index contributed by atoms with van der Waals surface area (Å²) in [7, 11) is 0. The van der Waals surface area contributed by atoms with Crippen LogP contribution in [0.4, 0.5) is 5.69 Å². The Balaban J connectivity index is 2.08. The lowest BCUT2D eigenvalue weighted by atomic mass is 10.3. The number of ether oxygens (including phenoxy) is 1. The number of anilines is 1. The lowest BCUT2D eigenvalue weighted by molar-refractivity contribution is 0.0735. The minimum absolute atomic E-state index is 0.0505. The molecule has 0 atom stereocenters. The first kappa shape index (κ1) is 10.9. The maximum atomic E-state index is 12.0. The van der Waals surface area contributed by atoms with Crippen molar-refractivity contribution in [1.82, 2.24) is 9.88 Å². The molecule has 5 heteroatoms. The Morgan fingerprint density at radius 3 is 3.00 bits per heavy atom. The Labute approximate surface area is 94.2 Å². The summed E-state index contributed by atoms with van der Waals surface area (Å²) in [6.07, 6.45) is 2.38. The van der Waals surface area contributed by atoms with Crippen molar-refractivity contribution in [3.8, 4) is 0 Å². The van der Waals surface area contributed by atoms with Gasteiger partial charge < -0.3 is 15.4 Å². The topological polar surface area (TPSA) is 68.5 Å². The second-order valence-electron chi connectivity index (χ2n) is 3.73. The van der Waals surface area contributed by atoms with E-state index in [1.54, 1.807) is 17.0 Å². The van der Waals surface area contributed by atoms with Gasteiger partial charge in [-0.3, -0.25) is 4.79 Å².